The first-order valence-corrected chi connectivity index (χ1v) is 8.05. The highest BCUT2D eigenvalue weighted by Crippen LogP contribution is 2.42. The first-order chi connectivity index (χ1) is 8.33. The summed E-state index contributed by atoms with van der Waals surface area (Å²) in [4.78, 5) is 1.43. The van der Waals surface area contributed by atoms with Gasteiger partial charge in [0.1, 0.15) is 0 Å². The number of hydrogen-bond acceptors (Lipinski definition) is 6. The summed E-state index contributed by atoms with van der Waals surface area (Å²) in [6.45, 7) is 0. The van der Waals surface area contributed by atoms with E-state index < -0.39 is 0 Å². The predicted molar refractivity (Wildman–Crippen MR) is 75.0 cm³/mol. The van der Waals surface area contributed by atoms with Gasteiger partial charge in [0.25, 0.3) is 0 Å². The Labute approximate surface area is 112 Å². The summed E-state index contributed by atoms with van der Waals surface area (Å²) in [6.07, 6.45) is 0. The molecule has 2 aromatic rings. The molecule has 0 fully saturated rings. The number of nitrogens with two attached hydrogens (primary N) is 1. The number of nitrogen functional groups attached to an aromatic ring is 1. The summed E-state index contributed by atoms with van der Waals surface area (Å²) in [7, 11) is 0. The van der Waals surface area contributed by atoms with Crippen LogP contribution in [-0.4, -0.2) is 21.7 Å². The van der Waals surface area contributed by atoms with Crippen molar-refractivity contribution in [2.45, 2.75) is 15.2 Å². The first kappa shape index (κ1) is 11.4. The van der Waals surface area contributed by atoms with Gasteiger partial charge in [-0.3, -0.25) is 0 Å². The lowest BCUT2D eigenvalue weighted by Gasteiger charge is -2.08. The van der Waals surface area contributed by atoms with Gasteiger partial charge in [0, 0.05) is 22.3 Å². The maximum Gasteiger partial charge on any atom is 0.203 e. The third-order valence-electron chi connectivity index (χ3n) is 2.63. The van der Waals surface area contributed by atoms with Crippen molar-refractivity contribution < 1.29 is 0 Å². The van der Waals surface area contributed by atoms with Crippen LogP contribution in [0.3, 0.4) is 0 Å². The number of fused-ring (bicyclic) bond motifs is 1. The Kier molecular flexibility index (Phi) is 3.26. The van der Waals surface area contributed by atoms with Crippen molar-refractivity contribution in [2.75, 3.05) is 17.2 Å². The van der Waals surface area contributed by atoms with E-state index in [9.17, 15) is 0 Å². The summed E-state index contributed by atoms with van der Waals surface area (Å²) in [5.74, 6) is 2.84. The van der Waals surface area contributed by atoms with E-state index in [4.69, 9.17) is 5.73 Å². The number of aromatic nitrogens is 2. The average molecular weight is 281 g/mol. The fourth-order valence-electron chi connectivity index (χ4n) is 1.82. The van der Waals surface area contributed by atoms with Gasteiger partial charge in [0.2, 0.25) is 5.13 Å². The fraction of sp³-hybridized carbons (Fsp3) is 0.273. The number of rotatable bonds is 3. The summed E-state index contributed by atoms with van der Waals surface area (Å²) >= 11 is 5.16. The molecule has 3 rings (SSSR count). The van der Waals surface area contributed by atoms with Crippen molar-refractivity contribution in [2.24, 2.45) is 0 Å². The highest BCUT2D eigenvalue weighted by molar-refractivity contribution is 8.01. The second-order valence-electron chi connectivity index (χ2n) is 3.76. The van der Waals surface area contributed by atoms with Crippen LogP contribution in [0.2, 0.25) is 0 Å². The molecular formula is C11H11N3S3. The van der Waals surface area contributed by atoms with E-state index in [2.05, 4.69) is 34.5 Å². The maximum atomic E-state index is 5.57. The lowest BCUT2D eigenvalue weighted by molar-refractivity contribution is 0.893. The number of hydrogen-bond donors (Lipinski definition) is 1. The molecule has 0 radical (unpaired) electrons. The van der Waals surface area contributed by atoms with E-state index in [1.54, 1.807) is 11.8 Å². The molecule has 6 heteroatoms. The van der Waals surface area contributed by atoms with Crippen molar-refractivity contribution in [3.8, 4) is 0 Å². The lowest BCUT2D eigenvalue weighted by atomic mass is 10.0. The molecule has 1 atom stereocenters. The lowest BCUT2D eigenvalue weighted by Crippen LogP contribution is -1.99. The van der Waals surface area contributed by atoms with Crippen molar-refractivity contribution in [1.29, 1.82) is 0 Å². The van der Waals surface area contributed by atoms with E-state index in [1.807, 2.05) is 11.8 Å². The molecule has 0 saturated carbocycles. The Morgan fingerprint density at radius 2 is 2.24 bits per heavy atom. The van der Waals surface area contributed by atoms with Gasteiger partial charge in [-0.15, -0.1) is 22.0 Å². The van der Waals surface area contributed by atoms with Gasteiger partial charge in [-0.25, -0.2) is 0 Å². The monoisotopic (exact) mass is 281 g/mol. The third-order valence-corrected chi connectivity index (χ3v) is 5.93. The molecule has 2 N–H and O–H groups in total. The molecule has 1 aliphatic rings. The number of benzene rings is 1. The van der Waals surface area contributed by atoms with Crippen molar-refractivity contribution in [3.63, 3.8) is 0 Å². The van der Waals surface area contributed by atoms with Crippen molar-refractivity contribution in [1.82, 2.24) is 10.2 Å². The van der Waals surface area contributed by atoms with Crippen LogP contribution in [0.5, 0.6) is 0 Å². The molecule has 0 bridgehead atoms. The van der Waals surface area contributed by atoms with Gasteiger partial charge >= 0.3 is 0 Å². The van der Waals surface area contributed by atoms with Crippen LogP contribution in [0.15, 0.2) is 33.5 Å². The summed E-state index contributed by atoms with van der Waals surface area (Å²) in [5, 5.41) is 8.41. The van der Waals surface area contributed by atoms with Gasteiger partial charge in [-0.1, -0.05) is 41.3 Å². The molecule has 0 spiro atoms. The second kappa shape index (κ2) is 4.88. The van der Waals surface area contributed by atoms with Gasteiger partial charge in [0.15, 0.2) is 4.34 Å². The average Bonchev–Trinajstić information content (AvgIpc) is 2.93. The normalized spacial score (nSPS) is 18.2. The number of anilines is 1. The highest BCUT2D eigenvalue weighted by Gasteiger charge is 2.23. The molecular weight excluding hydrogens is 270 g/mol. The van der Waals surface area contributed by atoms with E-state index >= 15 is 0 Å². The smallest absolute Gasteiger partial charge is 0.203 e. The Balaban J connectivity index is 1.68. The molecule has 0 saturated heterocycles. The van der Waals surface area contributed by atoms with Crippen LogP contribution >= 0.6 is 34.9 Å². The van der Waals surface area contributed by atoms with Crippen molar-refractivity contribution in [3.05, 3.63) is 29.8 Å². The van der Waals surface area contributed by atoms with Crippen LogP contribution < -0.4 is 5.73 Å². The molecule has 1 aromatic heterocycles. The second-order valence-corrected chi connectivity index (χ2v) is 7.10. The standard InChI is InChI=1S/C11H11N3S3/c12-10-13-14-11(17-10)16-6-7-5-15-9-4-2-1-3-8(7)9/h1-4,7H,5-6H2,(H2,12,13). The quantitative estimate of drug-likeness (QED) is 0.876. The number of nitrogens with zero attached hydrogens (tertiary/aromatic N) is 2. The molecule has 17 heavy (non-hydrogen) atoms. The Morgan fingerprint density at radius 3 is 3.06 bits per heavy atom. The zero-order valence-corrected chi connectivity index (χ0v) is 11.4. The topological polar surface area (TPSA) is 51.8 Å². The molecule has 0 aliphatic carbocycles. The van der Waals surface area contributed by atoms with Gasteiger partial charge < -0.3 is 5.73 Å². The predicted octanol–water partition coefficient (Wildman–Crippen LogP) is 3.10. The Morgan fingerprint density at radius 1 is 1.35 bits per heavy atom. The van der Waals surface area contributed by atoms with E-state index in [-0.39, 0.29) is 0 Å². The molecule has 1 aliphatic heterocycles. The molecule has 1 aromatic carbocycles. The fourth-order valence-corrected chi connectivity index (χ4v) is 5.00. The minimum absolute atomic E-state index is 0.550. The zero-order chi connectivity index (χ0) is 11.7. The summed E-state index contributed by atoms with van der Waals surface area (Å²) in [5.41, 5.74) is 7.04. The Bertz CT molecular complexity index is 526. The van der Waals surface area contributed by atoms with Crippen LogP contribution in [-0.2, 0) is 0 Å². The molecule has 2 heterocycles. The summed E-state index contributed by atoms with van der Waals surface area (Å²) in [6, 6.07) is 8.65. The van der Waals surface area contributed by atoms with E-state index in [1.165, 1.54) is 27.5 Å². The van der Waals surface area contributed by atoms with Gasteiger partial charge in [-0.2, -0.15) is 0 Å². The zero-order valence-electron chi connectivity index (χ0n) is 9.00. The molecule has 88 valence electrons. The minimum atomic E-state index is 0.550. The number of thioether (sulfide) groups is 2. The highest BCUT2D eigenvalue weighted by atomic mass is 32.2. The van der Waals surface area contributed by atoms with Crippen LogP contribution in [0.4, 0.5) is 5.13 Å². The van der Waals surface area contributed by atoms with Crippen LogP contribution in [0, 0.1) is 0 Å². The Hall–Kier alpha value is -0.720. The molecule has 0 amide bonds. The van der Waals surface area contributed by atoms with Gasteiger partial charge in [-0.05, 0) is 11.6 Å². The van der Waals surface area contributed by atoms with Gasteiger partial charge in [0.05, 0.1) is 0 Å². The molecule has 3 nitrogen and oxygen atoms in total. The summed E-state index contributed by atoms with van der Waals surface area (Å²) < 4.78 is 0.969. The SMILES string of the molecule is Nc1nnc(SCC2CSc3ccccc32)s1. The minimum Gasteiger partial charge on any atom is -0.374 e. The maximum absolute atomic E-state index is 5.57. The largest absolute Gasteiger partial charge is 0.374 e. The third kappa shape index (κ3) is 2.43. The van der Waals surface area contributed by atoms with E-state index in [0.717, 1.165) is 10.1 Å². The van der Waals surface area contributed by atoms with Crippen LogP contribution in [0.25, 0.3) is 0 Å². The molecule has 1 unspecified atom stereocenters. The first-order valence-electron chi connectivity index (χ1n) is 5.26. The van der Waals surface area contributed by atoms with Crippen molar-refractivity contribution >= 4 is 40.0 Å². The van der Waals surface area contributed by atoms with Crippen LogP contribution in [0.1, 0.15) is 11.5 Å². The van der Waals surface area contributed by atoms with E-state index in [0.29, 0.717) is 11.0 Å².